The Morgan fingerprint density at radius 1 is 1.07 bits per heavy atom. The second kappa shape index (κ2) is 6.45. The lowest BCUT2D eigenvalue weighted by Gasteiger charge is -2.18. The van der Waals surface area contributed by atoms with E-state index in [0.29, 0.717) is 6.54 Å². The summed E-state index contributed by atoms with van der Waals surface area (Å²) in [6.45, 7) is 0.552. The Balaban J connectivity index is 1.65. The zero-order valence-corrected chi connectivity index (χ0v) is 16.2. The Bertz CT molecular complexity index is 1120. The molecule has 0 spiro atoms. The summed E-state index contributed by atoms with van der Waals surface area (Å²) in [5.74, 6) is -0.719. The van der Waals surface area contributed by atoms with E-state index in [2.05, 4.69) is 0 Å². The highest BCUT2D eigenvalue weighted by molar-refractivity contribution is 7.96. The van der Waals surface area contributed by atoms with E-state index in [1.54, 1.807) is 11.0 Å². The Kier molecular flexibility index (Phi) is 4.35. The fourth-order valence-corrected chi connectivity index (χ4v) is 8.11. The standard InChI is InChI=1S/C19H19NO5S2/c21-19(20-10-8-14-4-1-2-7-18(14)20)15-5-3-6-16(12-15)27(24,25)17-9-11-26(22,23)13-17/h1-7,12,17H,8-11,13H2/t17-/m0/s1. The van der Waals surface area contributed by atoms with Crippen LogP contribution in [-0.4, -0.2) is 46.0 Å². The molecule has 0 N–H and O–H groups in total. The minimum Gasteiger partial charge on any atom is -0.308 e. The summed E-state index contributed by atoms with van der Waals surface area (Å²) in [6.07, 6.45) is 0.863. The summed E-state index contributed by atoms with van der Waals surface area (Å²) in [5, 5.41) is -0.944. The van der Waals surface area contributed by atoms with E-state index in [1.807, 2.05) is 24.3 Å². The average molecular weight is 405 g/mol. The fraction of sp³-hybridized carbons (Fsp3) is 0.316. The summed E-state index contributed by atoms with van der Waals surface area (Å²) in [6, 6.07) is 13.6. The van der Waals surface area contributed by atoms with E-state index in [4.69, 9.17) is 0 Å². The maximum atomic E-state index is 12.9. The molecule has 142 valence electrons. The van der Waals surface area contributed by atoms with Crippen molar-refractivity contribution in [3.8, 4) is 0 Å². The van der Waals surface area contributed by atoms with Gasteiger partial charge < -0.3 is 4.90 Å². The molecule has 0 aromatic heterocycles. The van der Waals surface area contributed by atoms with Gasteiger partial charge in [0.2, 0.25) is 0 Å². The number of hydrogen-bond acceptors (Lipinski definition) is 5. The number of sulfone groups is 2. The van der Waals surface area contributed by atoms with Gasteiger partial charge in [-0.1, -0.05) is 24.3 Å². The van der Waals surface area contributed by atoms with Crippen molar-refractivity contribution in [1.29, 1.82) is 0 Å². The van der Waals surface area contributed by atoms with Crippen molar-refractivity contribution in [3.05, 3.63) is 59.7 Å². The first-order chi connectivity index (χ1) is 12.8. The zero-order chi connectivity index (χ0) is 19.2. The molecule has 0 radical (unpaired) electrons. The van der Waals surface area contributed by atoms with Gasteiger partial charge in [-0.3, -0.25) is 4.79 Å². The zero-order valence-electron chi connectivity index (χ0n) is 14.5. The number of hydrogen-bond donors (Lipinski definition) is 0. The van der Waals surface area contributed by atoms with Gasteiger partial charge in [-0.2, -0.15) is 0 Å². The smallest absolute Gasteiger partial charge is 0.258 e. The van der Waals surface area contributed by atoms with Gasteiger partial charge in [0.1, 0.15) is 0 Å². The predicted octanol–water partition coefficient (Wildman–Crippen LogP) is 1.85. The van der Waals surface area contributed by atoms with Crippen LogP contribution in [0.3, 0.4) is 0 Å². The Hall–Kier alpha value is -2.19. The van der Waals surface area contributed by atoms with Gasteiger partial charge in [0.25, 0.3) is 5.91 Å². The van der Waals surface area contributed by atoms with E-state index in [1.165, 1.54) is 18.2 Å². The number of amides is 1. The lowest BCUT2D eigenvalue weighted by atomic mass is 10.1. The summed E-state index contributed by atoms with van der Waals surface area (Å²) >= 11 is 0. The third-order valence-corrected chi connectivity index (χ3v) is 9.34. The summed E-state index contributed by atoms with van der Waals surface area (Å²) in [4.78, 5) is 14.6. The molecule has 2 heterocycles. The summed E-state index contributed by atoms with van der Waals surface area (Å²) in [7, 11) is -7.11. The van der Waals surface area contributed by atoms with Crippen LogP contribution in [0.2, 0.25) is 0 Å². The maximum Gasteiger partial charge on any atom is 0.258 e. The molecular formula is C19H19NO5S2. The first kappa shape index (κ1) is 18.2. The van der Waals surface area contributed by atoms with Crippen LogP contribution in [0.1, 0.15) is 22.3 Å². The third-order valence-electron chi connectivity index (χ3n) is 5.17. The molecule has 1 amide bonds. The minimum absolute atomic E-state index is 0.00271. The number of para-hydroxylation sites is 1. The SMILES string of the molecule is O=C(c1cccc(S(=O)(=O)[C@H]2CCS(=O)(=O)C2)c1)N1CCc2ccccc21. The molecule has 0 bridgehead atoms. The molecule has 0 saturated carbocycles. The fourth-order valence-electron chi connectivity index (χ4n) is 3.71. The predicted molar refractivity (Wildman–Crippen MR) is 103 cm³/mol. The van der Waals surface area contributed by atoms with Crippen LogP contribution in [0.25, 0.3) is 0 Å². The molecule has 8 heteroatoms. The van der Waals surface area contributed by atoms with Crippen molar-refractivity contribution in [1.82, 2.24) is 0 Å². The number of carbonyl (C=O) groups is 1. The molecule has 1 fully saturated rings. The van der Waals surface area contributed by atoms with Gasteiger partial charge >= 0.3 is 0 Å². The molecule has 1 atom stereocenters. The van der Waals surface area contributed by atoms with Crippen molar-refractivity contribution < 1.29 is 21.6 Å². The lowest BCUT2D eigenvalue weighted by molar-refractivity contribution is 0.0989. The second-order valence-electron chi connectivity index (χ2n) is 6.93. The first-order valence-electron chi connectivity index (χ1n) is 8.72. The average Bonchev–Trinajstić information content (AvgIpc) is 3.24. The Morgan fingerprint density at radius 3 is 2.59 bits per heavy atom. The van der Waals surface area contributed by atoms with E-state index in [-0.39, 0.29) is 34.3 Å². The summed E-state index contributed by atoms with van der Waals surface area (Å²) < 4.78 is 49.0. The Morgan fingerprint density at radius 2 is 1.85 bits per heavy atom. The van der Waals surface area contributed by atoms with Crippen LogP contribution in [0.4, 0.5) is 5.69 Å². The van der Waals surface area contributed by atoms with Crippen molar-refractivity contribution in [2.45, 2.75) is 23.0 Å². The maximum absolute atomic E-state index is 12.9. The number of fused-ring (bicyclic) bond motifs is 1. The van der Waals surface area contributed by atoms with Crippen molar-refractivity contribution in [3.63, 3.8) is 0 Å². The minimum atomic E-state index is -3.80. The van der Waals surface area contributed by atoms with Gasteiger partial charge in [0, 0.05) is 17.8 Å². The molecule has 2 aliphatic heterocycles. The van der Waals surface area contributed by atoms with Crippen molar-refractivity contribution in [2.24, 2.45) is 0 Å². The van der Waals surface area contributed by atoms with Crippen molar-refractivity contribution in [2.75, 3.05) is 23.0 Å². The van der Waals surface area contributed by atoms with Gasteiger partial charge in [-0.25, -0.2) is 16.8 Å². The number of benzene rings is 2. The largest absolute Gasteiger partial charge is 0.308 e. The molecule has 4 rings (SSSR count). The monoisotopic (exact) mass is 405 g/mol. The van der Waals surface area contributed by atoms with Crippen LogP contribution in [-0.2, 0) is 26.1 Å². The van der Waals surface area contributed by atoms with Crippen LogP contribution in [0.5, 0.6) is 0 Å². The number of carbonyl (C=O) groups excluding carboxylic acids is 1. The molecule has 1 saturated heterocycles. The quantitative estimate of drug-likeness (QED) is 0.778. The molecule has 2 aromatic rings. The van der Waals surface area contributed by atoms with Gasteiger partial charge in [-0.05, 0) is 42.7 Å². The first-order valence-corrected chi connectivity index (χ1v) is 12.1. The topological polar surface area (TPSA) is 88.6 Å². The molecule has 6 nitrogen and oxygen atoms in total. The molecule has 0 aliphatic carbocycles. The van der Waals surface area contributed by atoms with E-state index < -0.39 is 24.9 Å². The van der Waals surface area contributed by atoms with Crippen LogP contribution >= 0.6 is 0 Å². The van der Waals surface area contributed by atoms with Gasteiger partial charge in [0.05, 0.1) is 21.7 Å². The molecule has 0 unspecified atom stereocenters. The number of rotatable bonds is 3. The van der Waals surface area contributed by atoms with Crippen LogP contribution < -0.4 is 4.90 Å². The normalized spacial score (nSPS) is 21.2. The van der Waals surface area contributed by atoms with Crippen molar-refractivity contribution >= 4 is 31.3 Å². The van der Waals surface area contributed by atoms with Crippen LogP contribution in [0, 0.1) is 0 Å². The lowest BCUT2D eigenvalue weighted by Crippen LogP contribution is -2.29. The highest BCUT2D eigenvalue weighted by Crippen LogP contribution is 2.30. The highest BCUT2D eigenvalue weighted by Gasteiger charge is 2.38. The highest BCUT2D eigenvalue weighted by atomic mass is 32.2. The Labute approximate surface area is 158 Å². The molecular weight excluding hydrogens is 386 g/mol. The van der Waals surface area contributed by atoms with E-state index >= 15 is 0 Å². The second-order valence-corrected chi connectivity index (χ2v) is 11.4. The number of anilines is 1. The van der Waals surface area contributed by atoms with E-state index in [9.17, 15) is 21.6 Å². The van der Waals surface area contributed by atoms with Gasteiger partial charge in [-0.15, -0.1) is 0 Å². The molecule has 27 heavy (non-hydrogen) atoms. The third kappa shape index (κ3) is 3.27. The van der Waals surface area contributed by atoms with Gasteiger partial charge in [0.15, 0.2) is 19.7 Å². The summed E-state index contributed by atoms with van der Waals surface area (Å²) in [5.41, 5.74) is 2.22. The number of nitrogens with zero attached hydrogens (tertiary/aromatic N) is 1. The van der Waals surface area contributed by atoms with Crippen LogP contribution in [0.15, 0.2) is 53.4 Å². The van der Waals surface area contributed by atoms with E-state index in [0.717, 1.165) is 17.7 Å². The molecule has 2 aromatic carbocycles. The molecule has 2 aliphatic rings.